The Labute approximate surface area is 197 Å². The van der Waals surface area contributed by atoms with Crippen molar-refractivity contribution in [1.82, 2.24) is 0 Å². The molecule has 2 fully saturated rings. The van der Waals surface area contributed by atoms with Gasteiger partial charge in [-0.1, -0.05) is 65.0 Å². The Bertz CT molecular complexity index is 697. The first-order valence-corrected chi connectivity index (χ1v) is 15.5. The van der Waals surface area contributed by atoms with E-state index < -0.39 is 14.1 Å². The molecular weight excluding hydrogens is 416 g/mol. The van der Waals surface area contributed by atoms with Crippen LogP contribution in [0.25, 0.3) is 0 Å². The Morgan fingerprint density at radius 2 is 1.56 bits per heavy atom. The summed E-state index contributed by atoms with van der Waals surface area (Å²) in [6.07, 6.45) is 5.48. The Kier molecular flexibility index (Phi) is 8.65. The molecule has 0 radical (unpaired) electrons. The SMILES string of the molecule is C[C@@H]1CC[C@]2(CC[C@H](C)[C@@H](CCO[Si](C)(C)C(C)(C)C)O2)O[C@@H]1COCc1ccccc1. The fraction of sp³-hybridized carbons (Fsp3) is 0.778. The maximum atomic E-state index is 6.73. The fourth-order valence-electron chi connectivity index (χ4n) is 4.50. The number of rotatable bonds is 8. The van der Waals surface area contributed by atoms with E-state index in [0.717, 1.165) is 38.7 Å². The topological polar surface area (TPSA) is 36.9 Å². The van der Waals surface area contributed by atoms with Gasteiger partial charge in [-0.25, -0.2) is 0 Å². The second-order valence-electron chi connectivity index (χ2n) is 11.7. The van der Waals surface area contributed by atoms with E-state index in [-0.39, 0.29) is 17.2 Å². The molecule has 3 rings (SSSR count). The van der Waals surface area contributed by atoms with E-state index in [1.807, 2.05) is 6.07 Å². The lowest BCUT2D eigenvalue weighted by atomic mass is 9.84. The summed E-state index contributed by atoms with van der Waals surface area (Å²) in [5.41, 5.74) is 1.20. The lowest BCUT2D eigenvalue weighted by Crippen LogP contribution is -2.53. The van der Waals surface area contributed by atoms with Crippen molar-refractivity contribution in [3.8, 4) is 0 Å². The minimum Gasteiger partial charge on any atom is -0.417 e. The normalized spacial score (nSPS) is 31.7. The Morgan fingerprint density at radius 1 is 0.969 bits per heavy atom. The van der Waals surface area contributed by atoms with Crippen LogP contribution in [0.4, 0.5) is 0 Å². The van der Waals surface area contributed by atoms with E-state index in [1.54, 1.807) is 0 Å². The minimum absolute atomic E-state index is 0.0880. The van der Waals surface area contributed by atoms with Crippen molar-refractivity contribution in [1.29, 1.82) is 0 Å². The van der Waals surface area contributed by atoms with E-state index in [2.05, 4.69) is 72.0 Å². The van der Waals surface area contributed by atoms with Gasteiger partial charge in [0.15, 0.2) is 14.1 Å². The highest BCUT2D eigenvalue weighted by Gasteiger charge is 2.46. The second-order valence-corrected chi connectivity index (χ2v) is 16.5. The van der Waals surface area contributed by atoms with E-state index in [4.69, 9.17) is 18.6 Å². The maximum absolute atomic E-state index is 6.73. The highest BCUT2D eigenvalue weighted by atomic mass is 28.4. The van der Waals surface area contributed by atoms with Crippen molar-refractivity contribution >= 4 is 8.32 Å². The number of benzene rings is 1. The molecule has 5 atom stereocenters. The summed E-state index contributed by atoms with van der Waals surface area (Å²) in [5.74, 6) is 0.584. The highest BCUT2D eigenvalue weighted by molar-refractivity contribution is 6.74. The van der Waals surface area contributed by atoms with Crippen LogP contribution >= 0.6 is 0 Å². The minimum atomic E-state index is -1.73. The van der Waals surface area contributed by atoms with Gasteiger partial charge in [0.25, 0.3) is 0 Å². The molecule has 1 spiro atoms. The lowest BCUT2D eigenvalue weighted by Gasteiger charge is -2.49. The summed E-state index contributed by atoms with van der Waals surface area (Å²) < 4.78 is 25.9. The molecule has 0 amide bonds. The third-order valence-corrected chi connectivity index (χ3v) is 12.6. The molecule has 32 heavy (non-hydrogen) atoms. The third kappa shape index (κ3) is 6.66. The Balaban J connectivity index is 1.53. The predicted octanol–water partition coefficient (Wildman–Crippen LogP) is 6.94. The van der Waals surface area contributed by atoms with Gasteiger partial charge in [0.2, 0.25) is 0 Å². The summed E-state index contributed by atoms with van der Waals surface area (Å²) in [6, 6.07) is 10.4. The molecule has 0 aliphatic carbocycles. The maximum Gasteiger partial charge on any atom is 0.191 e. The zero-order chi connectivity index (χ0) is 23.4. The van der Waals surface area contributed by atoms with Crippen molar-refractivity contribution in [2.75, 3.05) is 13.2 Å². The van der Waals surface area contributed by atoms with E-state index >= 15 is 0 Å². The van der Waals surface area contributed by atoms with Crippen molar-refractivity contribution in [2.24, 2.45) is 11.8 Å². The van der Waals surface area contributed by atoms with Crippen molar-refractivity contribution in [2.45, 2.75) is 109 Å². The van der Waals surface area contributed by atoms with Gasteiger partial charge in [-0.05, 0) is 54.8 Å². The Hall–Kier alpha value is -0.723. The van der Waals surface area contributed by atoms with Gasteiger partial charge in [0, 0.05) is 19.4 Å². The number of ether oxygens (including phenoxy) is 3. The first-order valence-electron chi connectivity index (χ1n) is 12.6. The molecule has 2 aliphatic heterocycles. The van der Waals surface area contributed by atoms with E-state index in [1.165, 1.54) is 5.56 Å². The summed E-state index contributed by atoms with van der Waals surface area (Å²) in [5, 5.41) is 0.239. The van der Waals surface area contributed by atoms with Gasteiger partial charge in [-0.2, -0.15) is 0 Å². The van der Waals surface area contributed by atoms with E-state index in [9.17, 15) is 0 Å². The highest BCUT2D eigenvalue weighted by Crippen LogP contribution is 2.44. The van der Waals surface area contributed by atoms with E-state index in [0.29, 0.717) is 25.0 Å². The van der Waals surface area contributed by atoms with Crippen LogP contribution in [0.2, 0.25) is 18.1 Å². The molecule has 2 saturated heterocycles. The van der Waals surface area contributed by atoms with Gasteiger partial charge in [0.05, 0.1) is 25.4 Å². The quantitative estimate of drug-likeness (QED) is 0.392. The summed E-state index contributed by atoms with van der Waals surface area (Å²) >= 11 is 0. The monoisotopic (exact) mass is 462 g/mol. The second kappa shape index (κ2) is 10.7. The third-order valence-electron chi connectivity index (χ3n) is 8.03. The smallest absolute Gasteiger partial charge is 0.191 e. The van der Waals surface area contributed by atoms with Gasteiger partial charge < -0.3 is 18.6 Å². The zero-order valence-electron chi connectivity index (χ0n) is 21.5. The molecule has 0 N–H and O–H groups in total. The molecule has 0 aromatic heterocycles. The van der Waals surface area contributed by atoms with Crippen molar-refractivity contribution in [3.05, 3.63) is 35.9 Å². The Morgan fingerprint density at radius 3 is 2.19 bits per heavy atom. The molecule has 182 valence electrons. The number of hydrogen-bond acceptors (Lipinski definition) is 4. The van der Waals surface area contributed by atoms with Crippen molar-refractivity contribution in [3.63, 3.8) is 0 Å². The van der Waals surface area contributed by atoms with Gasteiger partial charge in [-0.15, -0.1) is 0 Å². The van der Waals surface area contributed by atoms with Crippen LogP contribution in [0, 0.1) is 11.8 Å². The predicted molar refractivity (Wildman–Crippen MR) is 133 cm³/mol. The van der Waals surface area contributed by atoms with Gasteiger partial charge in [0.1, 0.15) is 0 Å². The van der Waals surface area contributed by atoms with Crippen LogP contribution in [-0.2, 0) is 25.2 Å². The molecule has 1 aromatic carbocycles. The van der Waals surface area contributed by atoms with Crippen molar-refractivity contribution < 1.29 is 18.6 Å². The van der Waals surface area contributed by atoms with Crippen LogP contribution in [0.5, 0.6) is 0 Å². The fourth-order valence-corrected chi connectivity index (χ4v) is 5.56. The van der Waals surface area contributed by atoms with Crippen LogP contribution in [-0.4, -0.2) is 39.5 Å². The van der Waals surface area contributed by atoms with Crippen LogP contribution in [0.3, 0.4) is 0 Å². The molecule has 5 heteroatoms. The molecule has 2 aliphatic rings. The average Bonchev–Trinajstić information content (AvgIpc) is 2.73. The number of hydrogen-bond donors (Lipinski definition) is 0. The first-order chi connectivity index (χ1) is 15.0. The lowest BCUT2D eigenvalue weighted by molar-refractivity contribution is -0.336. The molecule has 0 bridgehead atoms. The van der Waals surface area contributed by atoms with Gasteiger partial charge >= 0.3 is 0 Å². The largest absolute Gasteiger partial charge is 0.417 e. The molecular formula is C27H46O4Si. The van der Waals surface area contributed by atoms with Gasteiger partial charge in [-0.3, -0.25) is 0 Å². The van der Waals surface area contributed by atoms with Crippen LogP contribution < -0.4 is 0 Å². The summed E-state index contributed by atoms with van der Waals surface area (Å²) in [4.78, 5) is 0. The molecule has 0 saturated carbocycles. The molecule has 4 nitrogen and oxygen atoms in total. The molecule has 2 heterocycles. The average molecular weight is 463 g/mol. The molecule has 0 unspecified atom stereocenters. The summed E-state index contributed by atoms with van der Waals surface area (Å²) in [6.45, 7) is 18.2. The van der Waals surface area contributed by atoms with Crippen LogP contribution in [0.1, 0.15) is 72.3 Å². The molecule has 1 aromatic rings. The standard InChI is InChI=1S/C27H46O4Si/c1-21-13-16-27(30-24(21)15-18-29-32(6,7)26(3,4)5)17-14-22(2)25(31-27)20-28-19-23-11-9-8-10-12-23/h8-12,21-22,24-25H,13-20H2,1-7H3/t21-,22+,24+,25+,27-/m0/s1. The van der Waals surface area contributed by atoms with Crippen LogP contribution in [0.15, 0.2) is 30.3 Å². The summed E-state index contributed by atoms with van der Waals surface area (Å²) in [7, 11) is -1.73. The first kappa shape index (κ1) is 25.9. The zero-order valence-corrected chi connectivity index (χ0v) is 22.5.